The highest BCUT2D eigenvalue weighted by Gasteiger charge is 2.27. The molecule has 170 valence electrons. The fourth-order valence-corrected chi connectivity index (χ4v) is 5.45. The van der Waals surface area contributed by atoms with Gasteiger partial charge in [0.1, 0.15) is 5.01 Å². The van der Waals surface area contributed by atoms with Gasteiger partial charge in [-0.05, 0) is 16.7 Å². The summed E-state index contributed by atoms with van der Waals surface area (Å²) < 4.78 is 29.8. The summed E-state index contributed by atoms with van der Waals surface area (Å²) in [5.74, 6) is -0.939. The lowest BCUT2D eigenvalue weighted by molar-refractivity contribution is -0.136. The predicted octanol–water partition coefficient (Wildman–Crippen LogP) is 3.56. The van der Waals surface area contributed by atoms with Crippen molar-refractivity contribution in [1.82, 2.24) is 18.8 Å². The Balaban J connectivity index is 1.64. The van der Waals surface area contributed by atoms with E-state index in [4.69, 9.17) is 5.11 Å². The number of nitrogens with zero attached hydrogens (tertiary/aromatic N) is 4. The zero-order valence-corrected chi connectivity index (χ0v) is 19.5. The first kappa shape index (κ1) is 22.8. The third-order valence-electron chi connectivity index (χ3n) is 4.98. The standard InChI is InChI=1S/C23H22N4O4S2/c1-26-15-21(25-16-26)33(30,31)27(14-19-4-2-3-18(11-19)12-22(28)29)13-17-5-7-20(8-6-17)23-24-9-10-32-23/h2-11,15-16H,12-14H2,1H3,(H,28,29). The fraction of sp³-hybridized carbons (Fsp3) is 0.174. The van der Waals surface area contributed by atoms with Gasteiger partial charge in [-0.25, -0.2) is 18.4 Å². The highest BCUT2D eigenvalue weighted by Crippen LogP contribution is 2.24. The van der Waals surface area contributed by atoms with Crippen LogP contribution >= 0.6 is 11.3 Å². The molecule has 4 rings (SSSR count). The Hall–Kier alpha value is -3.34. The molecule has 0 atom stereocenters. The summed E-state index contributed by atoms with van der Waals surface area (Å²) in [5, 5.41) is 11.9. The van der Waals surface area contributed by atoms with Crippen molar-refractivity contribution in [1.29, 1.82) is 0 Å². The molecule has 10 heteroatoms. The van der Waals surface area contributed by atoms with Crippen LogP contribution in [0.1, 0.15) is 16.7 Å². The van der Waals surface area contributed by atoms with Crippen LogP contribution in [0.3, 0.4) is 0 Å². The number of aryl methyl sites for hydroxylation is 1. The van der Waals surface area contributed by atoms with Crippen LogP contribution in [0.15, 0.2) is 77.7 Å². The van der Waals surface area contributed by atoms with E-state index in [0.29, 0.717) is 11.1 Å². The SMILES string of the molecule is Cn1cnc(S(=O)(=O)N(Cc2ccc(-c3nccs3)cc2)Cc2cccc(CC(=O)O)c2)c1. The van der Waals surface area contributed by atoms with Crippen molar-refractivity contribution in [2.24, 2.45) is 7.05 Å². The topological polar surface area (TPSA) is 105 Å². The number of thiazole rings is 1. The summed E-state index contributed by atoms with van der Waals surface area (Å²) in [4.78, 5) is 19.4. The van der Waals surface area contributed by atoms with Gasteiger partial charge in [-0.1, -0.05) is 48.5 Å². The van der Waals surface area contributed by atoms with Crippen LogP contribution < -0.4 is 0 Å². The van der Waals surface area contributed by atoms with E-state index in [9.17, 15) is 13.2 Å². The molecule has 8 nitrogen and oxygen atoms in total. The third-order valence-corrected chi connectivity index (χ3v) is 7.48. The quantitative estimate of drug-likeness (QED) is 0.391. The highest BCUT2D eigenvalue weighted by molar-refractivity contribution is 7.89. The Bertz CT molecular complexity index is 1350. The van der Waals surface area contributed by atoms with Crippen LogP contribution in [0.5, 0.6) is 0 Å². The van der Waals surface area contributed by atoms with Gasteiger partial charge in [0.2, 0.25) is 0 Å². The maximum absolute atomic E-state index is 13.4. The Morgan fingerprint density at radius 3 is 2.42 bits per heavy atom. The van der Waals surface area contributed by atoms with Gasteiger partial charge in [0.25, 0.3) is 10.0 Å². The second-order valence-corrected chi connectivity index (χ2v) is 10.4. The molecule has 2 aromatic heterocycles. The minimum Gasteiger partial charge on any atom is -0.481 e. The second kappa shape index (κ2) is 9.65. The molecule has 0 saturated heterocycles. The summed E-state index contributed by atoms with van der Waals surface area (Å²) in [6, 6.07) is 14.6. The maximum Gasteiger partial charge on any atom is 0.307 e. The molecule has 33 heavy (non-hydrogen) atoms. The number of aliphatic carboxylic acids is 1. The van der Waals surface area contributed by atoms with Crippen molar-refractivity contribution in [3.05, 3.63) is 89.3 Å². The number of carbonyl (C=O) groups is 1. The summed E-state index contributed by atoms with van der Waals surface area (Å²) in [7, 11) is -2.18. The summed E-state index contributed by atoms with van der Waals surface area (Å²) in [6.45, 7) is 0.223. The van der Waals surface area contributed by atoms with E-state index in [1.807, 2.05) is 29.6 Å². The monoisotopic (exact) mass is 482 g/mol. The number of aromatic nitrogens is 3. The normalized spacial score (nSPS) is 11.7. The molecule has 4 aromatic rings. The molecule has 0 aliphatic heterocycles. The zero-order chi connectivity index (χ0) is 23.4. The zero-order valence-electron chi connectivity index (χ0n) is 17.8. The van der Waals surface area contributed by atoms with E-state index < -0.39 is 16.0 Å². The van der Waals surface area contributed by atoms with Crippen molar-refractivity contribution >= 4 is 27.3 Å². The van der Waals surface area contributed by atoms with Crippen molar-refractivity contribution in [2.45, 2.75) is 24.5 Å². The number of carboxylic acids is 1. The van der Waals surface area contributed by atoms with E-state index in [0.717, 1.165) is 16.1 Å². The summed E-state index contributed by atoms with van der Waals surface area (Å²) in [6.07, 6.45) is 4.53. The molecule has 0 amide bonds. The fourth-order valence-electron chi connectivity index (χ4n) is 3.42. The van der Waals surface area contributed by atoms with E-state index in [1.54, 1.807) is 42.1 Å². The third kappa shape index (κ3) is 5.54. The van der Waals surface area contributed by atoms with Crippen molar-refractivity contribution in [3.8, 4) is 10.6 Å². The van der Waals surface area contributed by atoms with Gasteiger partial charge in [-0.15, -0.1) is 11.3 Å². The van der Waals surface area contributed by atoms with Crippen molar-refractivity contribution < 1.29 is 18.3 Å². The number of sulfonamides is 1. The van der Waals surface area contributed by atoms with Gasteiger partial charge in [0.15, 0.2) is 5.03 Å². The molecule has 0 aliphatic rings. The largest absolute Gasteiger partial charge is 0.481 e. The lowest BCUT2D eigenvalue weighted by Gasteiger charge is -2.22. The van der Waals surface area contributed by atoms with Gasteiger partial charge >= 0.3 is 5.97 Å². The van der Waals surface area contributed by atoms with Crippen LogP contribution in [0.2, 0.25) is 0 Å². The van der Waals surface area contributed by atoms with E-state index in [-0.39, 0.29) is 24.5 Å². The van der Waals surface area contributed by atoms with E-state index >= 15 is 0 Å². The predicted molar refractivity (Wildman–Crippen MR) is 125 cm³/mol. The summed E-state index contributed by atoms with van der Waals surface area (Å²) in [5.41, 5.74) is 3.10. The van der Waals surface area contributed by atoms with Gasteiger partial charge in [0, 0.05) is 43.5 Å². The number of rotatable bonds is 9. The Morgan fingerprint density at radius 1 is 1.06 bits per heavy atom. The minimum absolute atomic E-state index is 0.0360. The molecule has 2 aromatic carbocycles. The lowest BCUT2D eigenvalue weighted by Crippen LogP contribution is -2.30. The van der Waals surface area contributed by atoms with Crippen LogP contribution in [-0.2, 0) is 41.4 Å². The average molecular weight is 483 g/mol. The molecule has 1 N–H and O–H groups in total. The number of hydrogen-bond donors (Lipinski definition) is 1. The Kier molecular flexibility index (Phi) is 6.68. The molecule has 0 radical (unpaired) electrons. The van der Waals surface area contributed by atoms with Crippen molar-refractivity contribution in [3.63, 3.8) is 0 Å². The summed E-state index contributed by atoms with van der Waals surface area (Å²) >= 11 is 1.54. The van der Waals surface area contributed by atoms with Gasteiger partial charge in [0.05, 0.1) is 12.7 Å². The van der Waals surface area contributed by atoms with Gasteiger partial charge in [-0.2, -0.15) is 4.31 Å². The van der Waals surface area contributed by atoms with E-state index in [2.05, 4.69) is 9.97 Å². The van der Waals surface area contributed by atoms with Gasteiger partial charge in [-0.3, -0.25) is 4.79 Å². The smallest absolute Gasteiger partial charge is 0.307 e. The second-order valence-electron chi connectivity index (χ2n) is 7.58. The number of imidazole rings is 1. The first-order chi connectivity index (χ1) is 15.8. The molecule has 0 saturated carbocycles. The van der Waals surface area contributed by atoms with Crippen LogP contribution in [0, 0.1) is 0 Å². The highest BCUT2D eigenvalue weighted by atomic mass is 32.2. The first-order valence-corrected chi connectivity index (χ1v) is 12.4. The van der Waals surface area contributed by atoms with Crippen molar-refractivity contribution in [2.75, 3.05) is 0 Å². The van der Waals surface area contributed by atoms with Crippen LogP contribution in [-0.4, -0.2) is 38.3 Å². The number of hydrogen-bond acceptors (Lipinski definition) is 6. The van der Waals surface area contributed by atoms with Crippen LogP contribution in [0.25, 0.3) is 10.6 Å². The maximum atomic E-state index is 13.4. The molecule has 0 unspecified atom stereocenters. The number of benzene rings is 2. The van der Waals surface area contributed by atoms with E-state index in [1.165, 1.54) is 28.2 Å². The first-order valence-electron chi connectivity index (χ1n) is 10.1. The Labute approximate surface area is 195 Å². The molecular formula is C23H22N4O4S2. The average Bonchev–Trinajstić information content (AvgIpc) is 3.46. The molecule has 0 bridgehead atoms. The molecule has 0 spiro atoms. The van der Waals surface area contributed by atoms with Gasteiger partial charge < -0.3 is 9.67 Å². The molecule has 2 heterocycles. The number of carboxylic acid groups (broad SMARTS) is 1. The van der Waals surface area contributed by atoms with Crippen LogP contribution in [0.4, 0.5) is 0 Å². The Morgan fingerprint density at radius 2 is 1.79 bits per heavy atom. The molecular weight excluding hydrogens is 460 g/mol. The minimum atomic E-state index is -3.89. The molecule has 0 aliphatic carbocycles. The molecule has 0 fully saturated rings. The lowest BCUT2D eigenvalue weighted by atomic mass is 10.1.